The summed E-state index contributed by atoms with van der Waals surface area (Å²) in [5.41, 5.74) is 5.94. The predicted molar refractivity (Wildman–Crippen MR) is 73.2 cm³/mol. The zero-order valence-electron chi connectivity index (χ0n) is 12.0. The second-order valence-electron chi connectivity index (χ2n) is 5.65. The van der Waals surface area contributed by atoms with Gasteiger partial charge >= 0.3 is 0 Å². The monoisotopic (exact) mass is 256 g/mol. The molecule has 1 amide bonds. The predicted octanol–water partition coefficient (Wildman–Crippen LogP) is 1.63. The molecule has 1 unspecified atom stereocenters. The van der Waals surface area contributed by atoms with Crippen LogP contribution in [0.4, 0.5) is 0 Å². The van der Waals surface area contributed by atoms with Crippen LogP contribution in [0.5, 0.6) is 0 Å². The van der Waals surface area contributed by atoms with Crippen LogP contribution in [0.25, 0.3) is 0 Å². The van der Waals surface area contributed by atoms with Crippen molar-refractivity contribution in [1.29, 1.82) is 0 Å². The van der Waals surface area contributed by atoms with E-state index in [1.165, 1.54) is 0 Å². The molecule has 4 heteroatoms. The maximum Gasteiger partial charge on any atom is 0.239 e. The van der Waals surface area contributed by atoms with Crippen molar-refractivity contribution in [2.45, 2.75) is 45.6 Å². The standard InChI is InChI=1S/C14H28N2O2/c1-11(2)12-6-8-16(9-7-12)14(17)13(15)5-4-10-18-3/h11-13H,4-10,15H2,1-3H3. The summed E-state index contributed by atoms with van der Waals surface area (Å²) < 4.78 is 4.98. The van der Waals surface area contributed by atoms with Crippen LogP contribution in [0.2, 0.25) is 0 Å². The summed E-state index contributed by atoms with van der Waals surface area (Å²) in [5.74, 6) is 1.60. The molecule has 106 valence electrons. The molecule has 0 saturated carbocycles. The number of methoxy groups -OCH3 is 1. The summed E-state index contributed by atoms with van der Waals surface area (Å²) in [7, 11) is 1.67. The molecule has 1 aliphatic rings. The van der Waals surface area contributed by atoms with Gasteiger partial charge in [0.2, 0.25) is 5.91 Å². The molecular weight excluding hydrogens is 228 g/mol. The van der Waals surface area contributed by atoms with Gasteiger partial charge in [-0.15, -0.1) is 0 Å². The van der Waals surface area contributed by atoms with Gasteiger partial charge in [-0.25, -0.2) is 0 Å². The zero-order valence-corrected chi connectivity index (χ0v) is 12.0. The SMILES string of the molecule is COCCCC(N)C(=O)N1CCC(C(C)C)CC1. The summed E-state index contributed by atoms with van der Waals surface area (Å²) in [6, 6.07) is -0.351. The molecule has 0 spiro atoms. The first kappa shape index (κ1) is 15.4. The summed E-state index contributed by atoms with van der Waals surface area (Å²) >= 11 is 0. The molecule has 0 aliphatic carbocycles. The summed E-state index contributed by atoms with van der Waals surface area (Å²) in [6.07, 6.45) is 3.81. The Hall–Kier alpha value is -0.610. The van der Waals surface area contributed by atoms with E-state index in [1.54, 1.807) is 7.11 Å². The van der Waals surface area contributed by atoms with Crippen LogP contribution < -0.4 is 5.73 Å². The molecule has 1 atom stereocenters. The average Bonchev–Trinajstić information content (AvgIpc) is 2.38. The molecule has 2 N–H and O–H groups in total. The normalized spacial score (nSPS) is 19.3. The first-order chi connectivity index (χ1) is 8.56. The number of hydrogen-bond donors (Lipinski definition) is 1. The Bertz CT molecular complexity index is 248. The lowest BCUT2D eigenvalue weighted by molar-refractivity contribution is -0.134. The number of ether oxygens (including phenoxy) is 1. The second kappa shape index (κ2) is 7.74. The smallest absolute Gasteiger partial charge is 0.239 e. The van der Waals surface area contributed by atoms with Gasteiger partial charge in [-0.1, -0.05) is 13.8 Å². The number of nitrogens with two attached hydrogens (primary N) is 1. The zero-order chi connectivity index (χ0) is 13.5. The van der Waals surface area contributed by atoms with Crippen LogP contribution in [0.15, 0.2) is 0 Å². The van der Waals surface area contributed by atoms with E-state index in [-0.39, 0.29) is 11.9 Å². The number of piperidine rings is 1. The van der Waals surface area contributed by atoms with E-state index in [9.17, 15) is 4.79 Å². The van der Waals surface area contributed by atoms with Gasteiger partial charge in [0.15, 0.2) is 0 Å². The highest BCUT2D eigenvalue weighted by Gasteiger charge is 2.27. The fourth-order valence-corrected chi connectivity index (χ4v) is 2.59. The Balaban J connectivity index is 2.30. The van der Waals surface area contributed by atoms with Gasteiger partial charge in [-0.05, 0) is 37.5 Å². The largest absolute Gasteiger partial charge is 0.385 e. The van der Waals surface area contributed by atoms with Crippen LogP contribution >= 0.6 is 0 Å². The molecule has 0 aromatic rings. The summed E-state index contributed by atoms with van der Waals surface area (Å²) in [5, 5.41) is 0. The first-order valence-corrected chi connectivity index (χ1v) is 7.09. The maximum atomic E-state index is 12.1. The number of carbonyl (C=O) groups excluding carboxylic acids is 1. The van der Waals surface area contributed by atoms with Gasteiger partial charge in [-0.3, -0.25) is 4.79 Å². The van der Waals surface area contributed by atoms with Gasteiger partial charge < -0.3 is 15.4 Å². The quantitative estimate of drug-likeness (QED) is 0.735. The third-order valence-corrected chi connectivity index (χ3v) is 3.97. The van der Waals surface area contributed by atoms with Crippen molar-refractivity contribution in [2.75, 3.05) is 26.8 Å². The summed E-state index contributed by atoms with van der Waals surface area (Å²) in [4.78, 5) is 14.1. The van der Waals surface area contributed by atoms with Crippen molar-refractivity contribution < 1.29 is 9.53 Å². The van der Waals surface area contributed by atoms with Crippen molar-refractivity contribution in [3.8, 4) is 0 Å². The average molecular weight is 256 g/mol. The molecule has 0 bridgehead atoms. The number of hydrogen-bond acceptors (Lipinski definition) is 3. The minimum Gasteiger partial charge on any atom is -0.385 e. The Morgan fingerprint density at radius 1 is 1.39 bits per heavy atom. The van der Waals surface area contributed by atoms with Gasteiger partial charge in [0.1, 0.15) is 0 Å². The molecule has 0 radical (unpaired) electrons. The maximum absolute atomic E-state index is 12.1. The van der Waals surface area contributed by atoms with Crippen LogP contribution in [0, 0.1) is 11.8 Å². The number of likely N-dealkylation sites (tertiary alicyclic amines) is 1. The van der Waals surface area contributed by atoms with E-state index in [2.05, 4.69) is 13.8 Å². The highest BCUT2D eigenvalue weighted by molar-refractivity contribution is 5.81. The second-order valence-corrected chi connectivity index (χ2v) is 5.65. The molecule has 18 heavy (non-hydrogen) atoms. The number of amides is 1. The topological polar surface area (TPSA) is 55.6 Å². The number of carbonyl (C=O) groups is 1. The van der Waals surface area contributed by atoms with E-state index >= 15 is 0 Å². The first-order valence-electron chi connectivity index (χ1n) is 7.09. The molecule has 1 saturated heterocycles. The van der Waals surface area contributed by atoms with E-state index in [0.29, 0.717) is 6.61 Å². The number of nitrogens with zero attached hydrogens (tertiary/aromatic N) is 1. The third kappa shape index (κ3) is 4.58. The summed E-state index contributed by atoms with van der Waals surface area (Å²) in [6.45, 7) is 6.95. The van der Waals surface area contributed by atoms with Crippen molar-refractivity contribution in [1.82, 2.24) is 4.90 Å². The lowest BCUT2D eigenvalue weighted by Crippen LogP contribution is -2.47. The van der Waals surface area contributed by atoms with Crippen molar-refractivity contribution in [2.24, 2.45) is 17.6 Å². The molecule has 0 aromatic heterocycles. The minimum atomic E-state index is -0.351. The lowest BCUT2D eigenvalue weighted by Gasteiger charge is -2.35. The van der Waals surface area contributed by atoms with Crippen LogP contribution in [0.3, 0.4) is 0 Å². The Morgan fingerprint density at radius 3 is 2.50 bits per heavy atom. The Labute approximate surface area is 111 Å². The molecule has 1 fully saturated rings. The Morgan fingerprint density at radius 2 is 2.00 bits per heavy atom. The molecular formula is C14H28N2O2. The van der Waals surface area contributed by atoms with E-state index in [1.807, 2.05) is 4.90 Å². The highest BCUT2D eigenvalue weighted by atomic mass is 16.5. The van der Waals surface area contributed by atoms with Gasteiger partial charge in [0.25, 0.3) is 0 Å². The lowest BCUT2D eigenvalue weighted by atomic mass is 9.86. The highest BCUT2D eigenvalue weighted by Crippen LogP contribution is 2.24. The fourth-order valence-electron chi connectivity index (χ4n) is 2.59. The van der Waals surface area contributed by atoms with Crippen LogP contribution in [-0.2, 0) is 9.53 Å². The van der Waals surface area contributed by atoms with Crippen molar-refractivity contribution in [3.05, 3.63) is 0 Å². The molecule has 1 aliphatic heterocycles. The minimum absolute atomic E-state index is 0.119. The van der Waals surface area contributed by atoms with Gasteiger partial charge in [0.05, 0.1) is 6.04 Å². The van der Waals surface area contributed by atoms with Crippen LogP contribution in [-0.4, -0.2) is 43.7 Å². The van der Waals surface area contributed by atoms with Crippen molar-refractivity contribution in [3.63, 3.8) is 0 Å². The molecule has 1 heterocycles. The van der Waals surface area contributed by atoms with Crippen molar-refractivity contribution >= 4 is 5.91 Å². The van der Waals surface area contributed by atoms with Gasteiger partial charge in [0, 0.05) is 26.8 Å². The Kier molecular flexibility index (Phi) is 6.65. The van der Waals surface area contributed by atoms with E-state index < -0.39 is 0 Å². The molecule has 4 nitrogen and oxygen atoms in total. The van der Waals surface area contributed by atoms with E-state index in [4.69, 9.17) is 10.5 Å². The molecule has 0 aromatic carbocycles. The number of rotatable bonds is 6. The third-order valence-electron chi connectivity index (χ3n) is 3.97. The molecule has 1 rings (SSSR count). The van der Waals surface area contributed by atoms with E-state index in [0.717, 1.165) is 50.6 Å². The van der Waals surface area contributed by atoms with Gasteiger partial charge in [-0.2, -0.15) is 0 Å². The van der Waals surface area contributed by atoms with Crippen LogP contribution in [0.1, 0.15) is 39.5 Å². The fraction of sp³-hybridized carbons (Fsp3) is 0.929.